The fraction of sp³-hybridized carbons (Fsp3) is 0.278. The quantitative estimate of drug-likeness (QED) is 0.597. The molecule has 3 aromatic rings. The van der Waals surface area contributed by atoms with Crippen molar-refractivity contribution in [2.75, 3.05) is 18.5 Å². The Morgan fingerprint density at radius 3 is 2.46 bits per heavy atom. The number of fused-ring (bicyclic) bond motifs is 1. The van der Waals surface area contributed by atoms with Gasteiger partial charge in [0.2, 0.25) is 5.82 Å². The second-order valence-corrected chi connectivity index (χ2v) is 6.34. The monoisotopic (exact) mass is 392 g/mol. The van der Waals surface area contributed by atoms with Gasteiger partial charge in [-0.3, -0.25) is 18.7 Å². The Labute approximate surface area is 157 Å². The number of rotatable bonds is 5. The minimum absolute atomic E-state index is 0.128. The first-order valence-corrected chi connectivity index (χ1v) is 8.34. The van der Waals surface area contributed by atoms with Crippen molar-refractivity contribution >= 4 is 22.4 Å². The fourth-order valence-corrected chi connectivity index (χ4v) is 2.86. The number of hydrogen-bond acceptors (Lipinski definition) is 6. The van der Waals surface area contributed by atoms with Gasteiger partial charge in [-0.15, -0.1) is 0 Å². The van der Waals surface area contributed by atoms with Crippen molar-refractivity contribution < 1.29 is 19.0 Å². The van der Waals surface area contributed by atoms with E-state index < -0.39 is 47.7 Å². The summed E-state index contributed by atoms with van der Waals surface area (Å²) >= 11 is 0. The van der Waals surface area contributed by atoms with Crippen LogP contribution in [0.1, 0.15) is 11.6 Å². The number of aromatic nitrogens is 3. The first-order valence-electron chi connectivity index (χ1n) is 8.34. The molecule has 0 saturated heterocycles. The number of nitrogens with zero attached hydrogens (tertiary/aromatic N) is 3. The second-order valence-electron chi connectivity index (χ2n) is 6.34. The molecule has 0 saturated carbocycles. The number of pyridine rings is 1. The first-order chi connectivity index (χ1) is 13.3. The van der Waals surface area contributed by atoms with Crippen LogP contribution in [0.3, 0.4) is 0 Å². The summed E-state index contributed by atoms with van der Waals surface area (Å²) in [4.78, 5) is 29.1. The van der Waals surface area contributed by atoms with Crippen molar-refractivity contribution in [2.24, 2.45) is 7.05 Å². The van der Waals surface area contributed by atoms with Gasteiger partial charge < -0.3 is 15.5 Å². The standard InChI is InChI=1S/C18H18F2N4O4/c1-9-3-4-12(11(19)5-9)22-15-13-16(23(2)18(28)14(15)20)21-8-24(17(13)27)10(6-25)7-26/h3-5,8,10,22,25-26H,6-7H2,1-2H3. The summed E-state index contributed by atoms with van der Waals surface area (Å²) < 4.78 is 30.8. The van der Waals surface area contributed by atoms with Crippen molar-refractivity contribution in [1.29, 1.82) is 0 Å². The van der Waals surface area contributed by atoms with Gasteiger partial charge in [-0.1, -0.05) is 6.07 Å². The maximum Gasteiger partial charge on any atom is 0.290 e. The normalized spacial score (nSPS) is 11.4. The van der Waals surface area contributed by atoms with Gasteiger partial charge in [0, 0.05) is 7.05 Å². The minimum Gasteiger partial charge on any atom is -0.394 e. The van der Waals surface area contributed by atoms with Crippen molar-refractivity contribution in [3.63, 3.8) is 0 Å². The van der Waals surface area contributed by atoms with Crippen molar-refractivity contribution in [3.8, 4) is 0 Å². The number of anilines is 2. The SMILES string of the molecule is Cc1ccc(Nc2c(F)c(=O)n(C)c3ncn(C(CO)CO)c(=O)c23)c(F)c1. The molecule has 1 aromatic carbocycles. The molecule has 28 heavy (non-hydrogen) atoms. The summed E-state index contributed by atoms with van der Waals surface area (Å²) in [5.74, 6) is -1.97. The third-order valence-electron chi connectivity index (χ3n) is 4.46. The van der Waals surface area contributed by atoms with Crippen LogP contribution in [-0.4, -0.2) is 37.5 Å². The summed E-state index contributed by atoms with van der Waals surface area (Å²) in [5.41, 5.74) is -2.00. The zero-order valence-electron chi connectivity index (χ0n) is 15.1. The molecule has 0 radical (unpaired) electrons. The lowest BCUT2D eigenvalue weighted by Crippen LogP contribution is -2.33. The van der Waals surface area contributed by atoms with E-state index in [0.29, 0.717) is 5.56 Å². The topological polar surface area (TPSA) is 109 Å². The Balaban J connectivity index is 2.35. The van der Waals surface area contributed by atoms with Crippen LogP contribution in [0.4, 0.5) is 20.2 Å². The van der Waals surface area contributed by atoms with Gasteiger partial charge in [0.25, 0.3) is 11.1 Å². The van der Waals surface area contributed by atoms with E-state index in [-0.39, 0.29) is 16.7 Å². The van der Waals surface area contributed by atoms with E-state index in [1.54, 1.807) is 13.0 Å². The average Bonchev–Trinajstić information content (AvgIpc) is 2.67. The highest BCUT2D eigenvalue weighted by atomic mass is 19.1. The highest BCUT2D eigenvalue weighted by Gasteiger charge is 2.22. The predicted molar refractivity (Wildman–Crippen MR) is 98.8 cm³/mol. The summed E-state index contributed by atoms with van der Waals surface area (Å²) in [6, 6.07) is 3.14. The number of nitrogens with one attached hydrogen (secondary N) is 1. The highest BCUT2D eigenvalue weighted by Crippen LogP contribution is 2.26. The van der Waals surface area contributed by atoms with E-state index in [4.69, 9.17) is 0 Å². The summed E-state index contributed by atoms with van der Waals surface area (Å²) in [5, 5.41) is 20.9. The molecule has 0 bridgehead atoms. The molecule has 0 unspecified atom stereocenters. The number of halogens is 2. The van der Waals surface area contributed by atoms with Crippen LogP contribution in [0, 0.1) is 18.6 Å². The van der Waals surface area contributed by atoms with Gasteiger partial charge in [-0.2, -0.15) is 4.39 Å². The van der Waals surface area contributed by atoms with Crippen LogP contribution in [-0.2, 0) is 7.05 Å². The fourth-order valence-electron chi connectivity index (χ4n) is 2.86. The Kier molecular flexibility index (Phi) is 5.25. The lowest BCUT2D eigenvalue weighted by molar-refractivity contribution is 0.152. The van der Waals surface area contributed by atoms with Gasteiger partial charge in [0.1, 0.15) is 17.5 Å². The molecular weight excluding hydrogens is 374 g/mol. The van der Waals surface area contributed by atoms with Gasteiger partial charge in [0.15, 0.2) is 5.65 Å². The molecule has 0 aliphatic heterocycles. The van der Waals surface area contributed by atoms with Crippen LogP contribution < -0.4 is 16.4 Å². The molecule has 0 atom stereocenters. The molecular formula is C18H18F2N4O4. The summed E-state index contributed by atoms with van der Waals surface area (Å²) in [6.45, 7) is 0.550. The largest absolute Gasteiger partial charge is 0.394 e. The van der Waals surface area contributed by atoms with E-state index in [2.05, 4.69) is 10.3 Å². The Hall–Kier alpha value is -3.11. The lowest BCUT2D eigenvalue weighted by Gasteiger charge is -2.18. The van der Waals surface area contributed by atoms with Gasteiger partial charge in [-0.05, 0) is 24.6 Å². The molecule has 0 aliphatic carbocycles. The smallest absolute Gasteiger partial charge is 0.290 e. The zero-order valence-corrected chi connectivity index (χ0v) is 15.1. The molecule has 3 rings (SSSR count). The van der Waals surface area contributed by atoms with Crippen LogP contribution in [0.25, 0.3) is 11.0 Å². The minimum atomic E-state index is -1.28. The number of aliphatic hydroxyl groups excluding tert-OH is 2. The molecule has 0 fully saturated rings. The van der Waals surface area contributed by atoms with Gasteiger partial charge in [-0.25, -0.2) is 9.37 Å². The average molecular weight is 392 g/mol. The maximum atomic E-state index is 14.8. The number of aliphatic hydroxyl groups is 2. The molecule has 2 heterocycles. The molecule has 3 N–H and O–H groups in total. The molecule has 148 valence electrons. The predicted octanol–water partition coefficient (Wildman–Crippen LogP) is 0.951. The Morgan fingerprint density at radius 1 is 1.18 bits per heavy atom. The van der Waals surface area contributed by atoms with E-state index >= 15 is 0 Å². The van der Waals surface area contributed by atoms with Gasteiger partial charge in [0.05, 0.1) is 30.6 Å². The molecule has 0 spiro atoms. The first kappa shape index (κ1) is 19.6. The van der Waals surface area contributed by atoms with E-state index in [0.717, 1.165) is 15.5 Å². The zero-order chi connectivity index (χ0) is 20.6. The second kappa shape index (κ2) is 7.49. The molecule has 0 aliphatic rings. The maximum absolute atomic E-state index is 14.8. The third kappa shape index (κ3) is 3.16. The van der Waals surface area contributed by atoms with E-state index in [1.807, 2.05) is 0 Å². The highest BCUT2D eigenvalue weighted by molar-refractivity contribution is 5.90. The molecule has 0 amide bonds. The van der Waals surface area contributed by atoms with Crippen LogP contribution >= 0.6 is 0 Å². The third-order valence-corrected chi connectivity index (χ3v) is 4.46. The van der Waals surface area contributed by atoms with Crippen molar-refractivity contribution in [2.45, 2.75) is 13.0 Å². The van der Waals surface area contributed by atoms with E-state index in [1.165, 1.54) is 19.2 Å². The summed E-state index contributed by atoms with van der Waals surface area (Å²) in [7, 11) is 1.25. The van der Waals surface area contributed by atoms with Crippen molar-refractivity contribution in [1.82, 2.24) is 14.1 Å². The number of aryl methyl sites for hydroxylation is 2. The Morgan fingerprint density at radius 2 is 1.86 bits per heavy atom. The molecule has 10 heteroatoms. The molecule has 8 nitrogen and oxygen atoms in total. The lowest BCUT2D eigenvalue weighted by atomic mass is 10.2. The summed E-state index contributed by atoms with van der Waals surface area (Å²) in [6.07, 6.45) is 1.05. The number of hydrogen-bond donors (Lipinski definition) is 3. The number of benzene rings is 1. The molecule has 2 aromatic heterocycles. The van der Waals surface area contributed by atoms with Crippen LogP contribution in [0.2, 0.25) is 0 Å². The van der Waals surface area contributed by atoms with Gasteiger partial charge >= 0.3 is 0 Å². The van der Waals surface area contributed by atoms with E-state index in [9.17, 15) is 28.6 Å². The van der Waals surface area contributed by atoms with Crippen LogP contribution in [0.5, 0.6) is 0 Å². The Bertz CT molecular complexity index is 1170. The van der Waals surface area contributed by atoms with Crippen LogP contribution in [0.15, 0.2) is 34.1 Å². The van der Waals surface area contributed by atoms with Crippen molar-refractivity contribution in [3.05, 3.63) is 62.4 Å².